The van der Waals surface area contributed by atoms with E-state index in [1.807, 2.05) is 79.7 Å². The Hall–Kier alpha value is -3.18. The fourth-order valence-corrected chi connectivity index (χ4v) is 8.26. The van der Waals surface area contributed by atoms with Crippen LogP contribution < -0.4 is 19.9 Å². The highest BCUT2D eigenvalue weighted by Crippen LogP contribution is 2.29. The van der Waals surface area contributed by atoms with E-state index in [4.69, 9.17) is 19.9 Å². The molecule has 0 amide bonds. The highest BCUT2D eigenvalue weighted by Gasteiger charge is 2.22. The van der Waals surface area contributed by atoms with E-state index < -0.39 is 12.2 Å². The quantitative estimate of drug-likeness (QED) is 0.0781. The lowest BCUT2D eigenvalue weighted by Crippen LogP contribution is -2.24. The van der Waals surface area contributed by atoms with Crippen LogP contribution in [0.25, 0.3) is 0 Å². The Morgan fingerprint density at radius 2 is 0.949 bits per heavy atom. The van der Waals surface area contributed by atoms with Gasteiger partial charge in [0.15, 0.2) is 0 Å². The summed E-state index contributed by atoms with van der Waals surface area (Å²) in [5.74, 6) is 4.08. The van der Waals surface area contributed by atoms with Crippen LogP contribution in [0.5, 0.6) is 17.2 Å². The Morgan fingerprint density at radius 1 is 0.542 bits per heavy atom. The fraction of sp³-hybridized carbons (Fsp3) is 0.640. The number of nitrogens with two attached hydrogens (primary N) is 1. The standard InChI is InChI=1S/C17H26O3.C16H25NO3.C16H24O2.CH4/c1-2-5-17(19)14-7-4-9-16(11-14)20-12-13-6-3-8-15(18)10-13;17-8-7-16(19)13-4-2-6-15(10-13)20-11-12-3-1-5-14(18)9-12;1-2-16(17)14-9-6-10-15(11-14)18-12-13-7-4-3-5-8-13;/h4,7,9,11,13,15,17-19H,2-3,5-6,8,10,12H2,1H3;2,4,6,10,12,14,16,18-19H,1,3,5,7-9,11,17H2;6,9-11,13,16-17H,2-5,7-8,12H2,1H3;1H4/t13-,15+,17+;12-,14+,16-;;/m01../s1. The second kappa shape index (κ2) is 28.4. The number of ether oxygens (including phenoxy) is 3. The topological polar surface area (TPSA) is 155 Å². The molecule has 3 fully saturated rings. The molecule has 6 rings (SSSR count). The number of rotatable bonds is 17. The second-order valence-corrected chi connectivity index (χ2v) is 16.8. The summed E-state index contributed by atoms with van der Waals surface area (Å²) < 4.78 is 17.5. The van der Waals surface area contributed by atoms with Gasteiger partial charge in [-0.05, 0) is 148 Å². The van der Waals surface area contributed by atoms with Gasteiger partial charge in [-0.25, -0.2) is 0 Å². The van der Waals surface area contributed by atoms with Crippen LogP contribution in [0.1, 0.15) is 165 Å². The maximum atomic E-state index is 10.0. The third-order valence-corrected chi connectivity index (χ3v) is 11.8. The van der Waals surface area contributed by atoms with Crippen LogP contribution in [0.4, 0.5) is 0 Å². The van der Waals surface area contributed by atoms with Crippen LogP contribution in [-0.2, 0) is 0 Å². The van der Waals surface area contributed by atoms with Crippen LogP contribution in [0.2, 0.25) is 0 Å². The summed E-state index contributed by atoms with van der Waals surface area (Å²) >= 11 is 0. The van der Waals surface area contributed by atoms with Gasteiger partial charge in [0.05, 0.1) is 50.3 Å². The Labute approximate surface area is 356 Å². The Kier molecular flexibility index (Phi) is 24.1. The molecule has 3 aliphatic rings. The first-order valence-electron chi connectivity index (χ1n) is 22.5. The highest BCUT2D eigenvalue weighted by atomic mass is 16.5. The molecule has 7 N–H and O–H groups in total. The van der Waals surface area contributed by atoms with Crippen molar-refractivity contribution in [1.82, 2.24) is 0 Å². The molecule has 3 aliphatic carbocycles. The minimum atomic E-state index is -0.528. The predicted molar refractivity (Wildman–Crippen MR) is 239 cm³/mol. The van der Waals surface area contributed by atoms with E-state index in [0.717, 1.165) is 117 Å². The zero-order valence-corrected chi connectivity index (χ0v) is 35.4. The summed E-state index contributed by atoms with van der Waals surface area (Å²) in [6.45, 7) is 6.63. The molecule has 1 unspecified atom stereocenters. The maximum absolute atomic E-state index is 10.0. The molecule has 0 aliphatic heterocycles. The third kappa shape index (κ3) is 19.0. The van der Waals surface area contributed by atoms with Crippen LogP contribution in [0, 0.1) is 17.8 Å². The summed E-state index contributed by atoms with van der Waals surface area (Å²) in [4.78, 5) is 0. The van der Waals surface area contributed by atoms with E-state index in [-0.39, 0.29) is 25.7 Å². The Morgan fingerprint density at radius 3 is 1.36 bits per heavy atom. The monoisotopic (exact) mass is 822 g/mol. The van der Waals surface area contributed by atoms with E-state index in [9.17, 15) is 25.5 Å². The second-order valence-electron chi connectivity index (χ2n) is 16.8. The summed E-state index contributed by atoms with van der Waals surface area (Å²) in [6.07, 6.45) is 16.0. The van der Waals surface area contributed by atoms with Gasteiger partial charge in [-0.2, -0.15) is 0 Å². The van der Waals surface area contributed by atoms with Crippen LogP contribution in [-0.4, -0.2) is 64.1 Å². The summed E-state index contributed by atoms with van der Waals surface area (Å²) in [7, 11) is 0. The van der Waals surface area contributed by atoms with E-state index >= 15 is 0 Å². The van der Waals surface area contributed by atoms with Crippen molar-refractivity contribution in [3.63, 3.8) is 0 Å². The molecule has 0 spiro atoms. The summed E-state index contributed by atoms with van der Waals surface area (Å²) in [5.41, 5.74) is 8.18. The Bertz CT molecular complexity index is 1450. The average Bonchev–Trinajstić information content (AvgIpc) is 3.25. The lowest BCUT2D eigenvalue weighted by molar-refractivity contribution is 0.0807. The van der Waals surface area contributed by atoms with Gasteiger partial charge in [0, 0.05) is 0 Å². The lowest BCUT2D eigenvalue weighted by Gasteiger charge is -2.25. The van der Waals surface area contributed by atoms with Crippen molar-refractivity contribution in [2.75, 3.05) is 26.4 Å². The lowest BCUT2D eigenvalue weighted by atomic mass is 9.88. The van der Waals surface area contributed by atoms with Crippen LogP contribution in [0.15, 0.2) is 72.8 Å². The molecule has 0 bridgehead atoms. The molecule has 7 atom stereocenters. The molecular formula is C50H79NO8. The van der Waals surface area contributed by atoms with Crippen molar-refractivity contribution >= 4 is 0 Å². The van der Waals surface area contributed by atoms with Crippen molar-refractivity contribution in [2.45, 2.75) is 161 Å². The van der Waals surface area contributed by atoms with Gasteiger partial charge in [0.2, 0.25) is 0 Å². The average molecular weight is 822 g/mol. The maximum Gasteiger partial charge on any atom is 0.119 e. The molecule has 0 aromatic heterocycles. The van der Waals surface area contributed by atoms with Gasteiger partial charge < -0.3 is 45.5 Å². The van der Waals surface area contributed by atoms with Gasteiger partial charge in [-0.3, -0.25) is 0 Å². The number of hydrogen-bond donors (Lipinski definition) is 6. The molecule has 9 heteroatoms. The largest absolute Gasteiger partial charge is 0.493 e. The summed E-state index contributed by atoms with van der Waals surface area (Å²) in [6, 6.07) is 23.2. The third-order valence-electron chi connectivity index (χ3n) is 11.8. The first-order valence-corrected chi connectivity index (χ1v) is 22.5. The number of aliphatic hydroxyl groups excluding tert-OH is 5. The Balaban J connectivity index is 0.000000235. The molecule has 0 radical (unpaired) electrons. The van der Waals surface area contributed by atoms with Gasteiger partial charge in [0.25, 0.3) is 0 Å². The molecule has 0 heterocycles. The van der Waals surface area contributed by atoms with Crippen molar-refractivity contribution in [3.05, 3.63) is 89.5 Å². The number of aliphatic hydroxyl groups is 5. The highest BCUT2D eigenvalue weighted by molar-refractivity contribution is 5.31. The van der Waals surface area contributed by atoms with Gasteiger partial charge in [-0.1, -0.05) is 96.2 Å². The number of hydrogen-bond acceptors (Lipinski definition) is 9. The normalized spacial score (nSPS) is 22.2. The van der Waals surface area contributed by atoms with Crippen LogP contribution >= 0.6 is 0 Å². The van der Waals surface area contributed by atoms with E-state index in [0.29, 0.717) is 38.0 Å². The molecular weight excluding hydrogens is 743 g/mol. The van der Waals surface area contributed by atoms with Gasteiger partial charge in [-0.15, -0.1) is 0 Å². The minimum Gasteiger partial charge on any atom is -0.493 e. The van der Waals surface area contributed by atoms with Crippen molar-refractivity contribution in [3.8, 4) is 17.2 Å². The molecule has 9 nitrogen and oxygen atoms in total. The molecule has 332 valence electrons. The molecule has 3 aromatic rings. The summed E-state index contributed by atoms with van der Waals surface area (Å²) in [5, 5.41) is 49.1. The fourth-order valence-electron chi connectivity index (χ4n) is 8.26. The molecule has 3 aromatic carbocycles. The van der Waals surface area contributed by atoms with E-state index in [1.165, 1.54) is 32.1 Å². The SMILES string of the molecule is C.CCC(O)c1cccc(OCC2CCCCC2)c1.CCC[C@@H](O)c1cccc(OC[C@H]2CCC[C@@H](O)C2)c1.NCC[C@@H](O)c1cccc(OC[C@@H]2CCC[C@H](O)C2)c1. The zero-order valence-electron chi connectivity index (χ0n) is 35.4. The molecule has 3 saturated carbocycles. The van der Waals surface area contributed by atoms with E-state index in [2.05, 4.69) is 6.92 Å². The molecule has 0 saturated heterocycles. The molecule has 59 heavy (non-hydrogen) atoms. The first-order chi connectivity index (χ1) is 28.2. The number of benzene rings is 3. The van der Waals surface area contributed by atoms with Gasteiger partial charge >= 0.3 is 0 Å². The predicted octanol–water partition coefficient (Wildman–Crippen LogP) is 10.2. The smallest absolute Gasteiger partial charge is 0.119 e. The van der Waals surface area contributed by atoms with Crippen LogP contribution in [0.3, 0.4) is 0 Å². The van der Waals surface area contributed by atoms with Crippen molar-refractivity contribution in [1.29, 1.82) is 0 Å². The van der Waals surface area contributed by atoms with Gasteiger partial charge in [0.1, 0.15) is 17.2 Å². The minimum absolute atomic E-state index is 0. The van der Waals surface area contributed by atoms with Crippen molar-refractivity contribution < 1.29 is 39.7 Å². The van der Waals surface area contributed by atoms with Crippen molar-refractivity contribution in [2.24, 2.45) is 23.5 Å². The van der Waals surface area contributed by atoms with E-state index in [1.54, 1.807) is 0 Å². The first kappa shape index (κ1) is 50.2. The zero-order chi connectivity index (χ0) is 41.5.